The number of aryl methyl sites for hydroxylation is 1. The number of aliphatic hydroxyl groups is 4. The van der Waals surface area contributed by atoms with Crippen LogP contribution in [0.4, 0.5) is 5.69 Å². The lowest BCUT2D eigenvalue weighted by Crippen LogP contribution is -2.52. The number of carbonyl (C=O) groups is 19. The molecule has 8 amide bonds. The summed E-state index contributed by atoms with van der Waals surface area (Å²) < 4.78 is 0. The molecule has 38 heteroatoms. The predicted octanol–water partition coefficient (Wildman–Crippen LogP) is 4.04. The number of carbonyl (C=O) groups excluding carboxylic acids is 16. The topological polar surface area (TPSA) is 620 Å². The number of Topliss-reactive ketones (excluding diaryl/α,β-unsaturated/α-hetero) is 8. The highest BCUT2D eigenvalue weighted by molar-refractivity contribution is 8.00. The van der Waals surface area contributed by atoms with E-state index in [0.717, 1.165) is 36.9 Å². The number of hydrogen-bond acceptors (Lipinski definition) is 27. The first-order valence-corrected chi connectivity index (χ1v) is 46.9. The van der Waals surface area contributed by atoms with Crippen LogP contribution in [0.25, 0.3) is 0 Å². The Labute approximate surface area is 789 Å². The number of rotatable bonds is 67. The summed E-state index contributed by atoms with van der Waals surface area (Å²) >= 11 is 0.998. The van der Waals surface area contributed by atoms with Crippen molar-refractivity contribution in [2.45, 2.75) is 245 Å². The highest BCUT2D eigenvalue weighted by Crippen LogP contribution is 2.30. The molecule has 0 saturated carbocycles. The molecular weight excluding hydrogens is 1770 g/mol. The van der Waals surface area contributed by atoms with E-state index in [0.29, 0.717) is 62.7 Å². The minimum atomic E-state index is -1.99. The lowest BCUT2D eigenvalue weighted by molar-refractivity contribution is -0.143. The average Bonchev–Trinajstić information content (AvgIpc) is 0.818. The second-order valence-electron chi connectivity index (χ2n) is 35.4. The number of carboxylic acids is 3. The average molecular weight is 1910 g/mol. The molecule has 740 valence electrons. The van der Waals surface area contributed by atoms with Crippen LogP contribution in [-0.4, -0.2) is 250 Å². The molecular formula is C97H133N9O28S. The summed E-state index contributed by atoms with van der Waals surface area (Å²) in [6, 6.07) is 18.0. The first kappa shape index (κ1) is 114. The molecule has 0 radical (unpaired) electrons. The number of aromatic hydroxyl groups is 2. The summed E-state index contributed by atoms with van der Waals surface area (Å²) in [7, 11) is 0. The van der Waals surface area contributed by atoms with E-state index >= 15 is 0 Å². The van der Waals surface area contributed by atoms with Gasteiger partial charge < -0.3 is 93.8 Å². The number of thioether (sulfide) groups is 1. The highest BCUT2D eigenvalue weighted by Gasteiger charge is 2.41. The Kier molecular flexibility index (Phi) is 49.2. The summed E-state index contributed by atoms with van der Waals surface area (Å²) in [6.45, 7) is 8.50. The quantitative estimate of drug-likeness (QED) is 0.0277. The maximum Gasteiger partial charge on any atom is 0.304 e. The van der Waals surface area contributed by atoms with Crippen LogP contribution in [0.1, 0.15) is 193 Å². The van der Waals surface area contributed by atoms with Crippen molar-refractivity contribution in [1.29, 1.82) is 0 Å². The Bertz CT molecular complexity index is 4700. The Morgan fingerprint density at radius 3 is 1.46 bits per heavy atom. The van der Waals surface area contributed by atoms with Crippen LogP contribution in [0, 0.1) is 53.3 Å². The predicted molar refractivity (Wildman–Crippen MR) is 495 cm³/mol. The molecule has 1 heterocycles. The van der Waals surface area contributed by atoms with Crippen molar-refractivity contribution >= 4 is 129 Å². The van der Waals surface area contributed by atoms with Gasteiger partial charge in [-0.1, -0.05) is 113 Å². The number of phenolic OH excluding ortho intramolecular Hbond substituents is 2. The number of hydrogen-bond donors (Lipinski definition) is 17. The van der Waals surface area contributed by atoms with Crippen LogP contribution < -0.4 is 47.9 Å². The van der Waals surface area contributed by atoms with E-state index < -0.39 is 280 Å². The smallest absolute Gasteiger partial charge is 0.304 e. The van der Waals surface area contributed by atoms with Gasteiger partial charge in [0.15, 0.2) is 34.7 Å². The summed E-state index contributed by atoms with van der Waals surface area (Å²) in [5.41, 5.74) is 8.60. The number of aliphatic hydroxyl groups excluding tert-OH is 4. The number of amides is 8. The molecule has 37 nitrogen and oxygen atoms in total. The van der Waals surface area contributed by atoms with E-state index in [2.05, 4.69) is 37.2 Å². The lowest BCUT2D eigenvalue weighted by Gasteiger charge is -2.29. The minimum Gasteiger partial charge on any atom is -0.508 e. The number of para-hydroxylation sites is 1. The van der Waals surface area contributed by atoms with Crippen molar-refractivity contribution in [2.24, 2.45) is 59.0 Å². The summed E-state index contributed by atoms with van der Waals surface area (Å²) in [5, 5.41) is 111. The molecule has 4 aromatic rings. The third-order valence-corrected chi connectivity index (χ3v) is 24.8. The van der Waals surface area contributed by atoms with Gasteiger partial charge in [0.1, 0.15) is 29.1 Å². The molecule has 135 heavy (non-hydrogen) atoms. The molecule has 1 aliphatic rings. The van der Waals surface area contributed by atoms with Crippen LogP contribution in [0.5, 0.6) is 11.5 Å². The van der Waals surface area contributed by atoms with Crippen molar-refractivity contribution in [1.82, 2.24) is 37.2 Å². The van der Waals surface area contributed by atoms with Crippen molar-refractivity contribution in [3.05, 3.63) is 125 Å². The second kappa shape index (κ2) is 58.4. The molecule has 4 aromatic carbocycles. The van der Waals surface area contributed by atoms with E-state index in [-0.39, 0.29) is 90.7 Å². The standard InChI is InChI=1S/C97H133N9O28S/c1-8-56(4)90(85(120)44-65(38-61-23-29-69(111)30-24-61)93(130)101-76(37-55(2)3)81(116)42-66(46-88(124)125)92(129)100-57(5)17-14-15-35-98)105-95(132)68(51-107)45-82(117)77(40-62-25-31-70(112)32-26-62)102-94(131)67(47-89(126)127)43-83(118)79(52-108)104-97(134)75(59(7)110)49-84(119)78(39-60-18-10-9-11-19-60)103-96(133)74(58(6)109)48-72(114)50-99-91(128)64(28-34-87(122)123)41-73(115)54-135-53-71(113)21-16-36-106-80-22-13-12-20-63(80)27-33-86(106)121/h9-13,18-20,22-26,29-32,55-59,64-68,74-79,90,107-112H,8,14-17,21,27-28,33-54,98H2,1-7H3,(H,99,128)(H,100,129)(H,101,130)(H,102,131)(H,103,133)(H,104,134)(H,105,132)(H,122,123)(H,124,125)(H,126,127)/t56-,57+,58+,59+,64+,65+,66-,67-,68-,74-,75-,76-,77-,78-,79-,90-/m0/s1. The molecule has 0 fully saturated rings. The number of ketones is 8. The molecule has 0 saturated heterocycles. The number of anilines is 1. The van der Waals surface area contributed by atoms with Crippen LogP contribution >= 0.6 is 11.8 Å². The maximum absolute atomic E-state index is 14.9. The molecule has 18 N–H and O–H groups in total. The van der Waals surface area contributed by atoms with Crippen molar-refractivity contribution in [3.8, 4) is 11.5 Å². The van der Waals surface area contributed by atoms with Crippen LogP contribution in [-0.2, 0) is 117 Å². The van der Waals surface area contributed by atoms with Crippen molar-refractivity contribution in [3.63, 3.8) is 0 Å². The molecule has 16 atom stereocenters. The van der Waals surface area contributed by atoms with Gasteiger partial charge in [-0.25, -0.2) is 0 Å². The zero-order valence-corrected chi connectivity index (χ0v) is 78.4. The molecule has 5 rings (SSSR count). The van der Waals surface area contributed by atoms with E-state index in [1.807, 2.05) is 24.3 Å². The van der Waals surface area contributed by atoms with Gasteiger partial charge in [0.2, 0.25) is 47.3 Å². The van der Waals surface area contributed by atoms with E-state index in [9.17, 15) is 137 Å². The number of benzene rings is 4. The zero-order valence-electron chi connectivity index (χ0n) is 77.6. The van der Waals surface area contributed by atoms with Gasteiger partial charge >= 0.3 is 17.9 Å². The van der Waals surface area contributed by atoms with Crippen molar-refractivity contribution in [2.75, 3.05) is 49.3 Å². The first-order valence-electron chi connectivity index (χ1n) is 45.7. The normalized spacial score (nSPS) is 15.4. The monoisotopic (exact) mass is 1900 g/mol. The van der Waals surface area contributed by atoms with Crippen molar-refractivity contribution < 1.29 is 137 Å². The SMILES string of the molecule is CC[C@H](C)[C@H](NC(=O)[C@H](CO)CC(=O)[C@H](Cc1ccc(O)cc1)NC(=O)[C@H](CC(=O)O)CC(=O)[C@H](CO)NC(=O)[C@@H](CC(=O)[C@H](Cc1ccccc1)NC(=O)[C@@H](CC(=O)CNC(=O)[C@H](CCC(=O)O)CC(=O)CSCC(=O)CCCN1C(=O)CCc2ccccc21)[C@@H](C)O)[C@@H](C)O)C(=O)C[C@@H](Cc1ccc(O)cc1)C(=O)N[C@@H](CC(C)C)C(=O)C[C@@H](CC(=O)O)C(=O)N[C@H](C)CCCCN. The van der Waals surface area contributed by atoms with Crippen LogP contribution in [0.15, 0.2) is 103 Å². The lowest BCUT2D eigenvalue weighted by atomic mass is 9.85. The van der Waals surface area contributed by atoms with E-state index in [1.54, 1.807) is 69.9 Å². The summed E-state index contributed by atoms with van der Waals surface area (Å²) in [6.07, 6.45) is -8.66. The number of fused-ring (bicyclic) bond motifs is 1. The molecule has 0 aliphatic carbocycles. The van der Waals surface area contributed by atoms with E-state index in [4.69, 9.17) is 5.73 Å². The first-order chi connectivity index (χ1) is 63.9. The molecule has 1 aliphatic heterocycles. The zero-order chi connectivity index (χ0) is 100. The van der Waals surface area contributed by atoms with Gasteiger partial charge in [0.05, 0.1) is 110 Å². The molecule has 0 unspecified atom stereocenters. The largest absolute Gasteiger partial charge is 0.508 e. The van der Waals surface area contributed by atoms with Crippen LogP contribution in [0.2, 0.25) is 0 Å². The van der Waals surface area contributed by atoms with Gasteiger partial charge in [0.25, 0.3) is 0 Å². The number of aliphatic carboxylic acids is 3. The fourth-order valence-electron chi connectivity index (χ4n) is 15.7. The number of nitrogens with one attached hydrogen (secondary N) is 7. The minimum absolute atomic E-state index is 0.0251. The Balaban J connectivity index is 1.28. The molecule has 0 aromatic heterocycles. The highest BCUT2D eigenvalue weighted by atomic mass is 32.2. The van der Waals surface area contributed by atoms with Gasteiger partial charge in [-0.15, -0.1) is 11.8 Å². The fourth-order valence-corrected chi connectivity index (χ4v) is 16.5. The number of nitrogens with zero attached hydrogens (tertiary/aromatic N) is 1. The maximum atomic E-state index is 14.9. The Hall–Kier alpha value is -11.8. The number of phenols is 2. The van der Waals surface area contributed by atoms with Gasteiger partial charge in [-0.05, 0) is 150 Å². The van der Waals surface area contributed by atoms with E-state index in [1.165, 1.54) is 48.5 Å². The number of unbranched alkanes of at least 4 members (excludes halogenated alkanes) is 1. The summed E-state index contributed by atoms with van der Waals surface area (Å²) in [5.74, 6) is -29.9. The van der Waals surface area contributed by atoms with Crippen LogP contribution in [0.3, 0.4) is 0 Å². The fraction of sp³-hybridized carbons (Fsp3) is 0.557. The van der Waals surface area contributed by atoms with Gasteiger partial charge in [-0.2, -0.15) is 0 Å². The summed E-state index contributed by atoms with van der Waals surface area (Å²) in [4.78, 5) is 263. The Morgan fingerprint density at radius 2 is 0.911 bits per heavy atom. The third kappa shape index (κ3) is 40.3. The molecule has 0 bridgehead atoms. The Morgan fingerprint density at radius 1 is 0.430 bits per heavy atom. The second-order valence-corrected chi connectivity index (χ2v) is 36.4. The third-order valence-electron chi connectivity index (χ3n) is 23.7. The molecule has 0 spiro atoms. The number of carboxylic acid groups (broad SMARTS) is 3. The number of nitrogens with two attached hydrogens (primary N) is 1. The van der Waals surface area contributed by atoms with Gasteiger partial charge in [-0.3, -0.25) is 91.1 Å². The van der Waals surface area contributed by atoms with Gasteiger partial charge in [0, 0.05) is 94.3 Å².